The third kappa shape index (κ3) is 6.57. The van der Waals surface area contributed by atoms with E-state index >= 15 is 0 Å². The fourth-order valence-corrected chi connectivity index (χ4v) is 4.58. The molecular weight excluding hydrogens is 384 g/mol. The van der Waals surface area contributed by atoms with Crippen LogP contribution in [0.25, 0.3) is 17.7 Å². The highest BCUT2D eigenvalue weighted by Gasteiger charge is 2.18. The lowest BCUT2D eigenvalue weighted by Gasteiger charge is -2.21. The summed E-state index contributed by atoms with van der Waals surface area (Å²) < 4.78 is 0. The normalized spacial score (nSPS) is 20.1. The lowest BCUT2D eigenvalue weighted by molar-refractivity contribution is 0.581. The van der Waals surface area contributed by atoms with Gasteiger partial charge in [0, 0.05) is 0 Å². The lowest BCUT2D eigenvalue weighted by atomic mass is 9.82. The molecule has 32 heavy (non-hydrogen) atoms. The maximum Gasteiger partial charge on any atom is -0.00681 e. The lowest BCUT2D eigenvalue weighted by Crippen LogP contribution is -2.26. The van der Waals surface area contributed by atoms with Gasteiger partial charge in [-0.3, -0.25) is 0 Å². The summed E-state index contributed by atoms with van der Waals surface area (Å²) in [6.07, 6.45) is 13.2. The topological polar surface area (TPSA) is 0 Å². The summed E-state index contributed by atoms with van der Waals surface area (Å²) in [7, 11) is 0. The zero-order valence-corrected chi connectivity index (χ0v) is 20.1. The number of hydrogen-bond donors (Lipinski definition) is 0. The van der Waals surface area contributed by atoms with Crippen molar-refractivity contribution in [2.45, 2.75) is 64.7 Å². The first-order valence-corrected chi connectivity index (χ1v) is 12.0. The Balaban J connectivity index is 0.00000176. The Morgan fingerprint density at radius 3 is 1.88 bits per heavy atom. The Bertz CT molecular complexity index is 1050. The number of rotatable bonds is 2. The van der Waals surface area contributed by atoms with Crippen LogP contribution >= 0.6 is 0 Å². The molecular formula is C32H40. The molecule has 0 unspecified atom stereocenters. The molecule has 0 amide bonds. The molecule has 1 aliphatic carbocycles. The predicted octanol–water partition coefficient (Wildman–Crippen LogP) is 8.08. The summed E-state index contributed by atoms with van der Waals surface area (Å²) >= 11 is 0. The second-order valence-corrected chi connectivity index (χ2v) is 8.53. The first-order chi connectivity index (χ1) is 15.6. The second kappa shape index (κ2) is 13.5. The van der Waals surface area contributed by atoms with Crippen LogP contribution in [-0.4, -0.2) is 0 Å². The van der Waals surface area contributed by atoms with E-state index in [1.807, 2.05) is 0 Å². The SMILES string of the molecule is C=C.C=C/C1=C(c2ccccc2C)/C(=c2\ccccc2=C)C(=C)CCCCCCCCC1. The van der Waals surface area contributed by atoms with Crippen LogP contribution < -0.4 is 10.4 Å². The molecule has 0 saturated heterocycles. The van der Waals surface area contributed by atoms with Gasteiger partial charge in [-0.05, 0) is 76.5 Å². The minimum absolute atomic E-state index is 1.03. The van der Waals surface area contributed by atoms with Gasteiger partial charge in [-0.1, -0.05) is 106 Å². The van der Waals surface area contributed by atoms with E-state index in [1.165, 1.54) is 83.6 Å². The van der Waals surface area contributed by atoms with Crippen molar-refractivity contribution in [2.75, 3.05) is 0 Å². The highest BCUT2D eigenvalue weighted by atomic mass is 14.2. The van der Waals surface area contributed by atoms with E-state index in [9.17, 15) is 0 Å². The zero-order valence-electron chi connectivity index (χ0n) is 20.1. The molecule has 0 radical (unpaired) electrons. The summed E-state index contributed by atoms with van der Waals surface area (Å²) in [5.74, 6) is 0. The van der Waals surface area contributed by atoms with Gasteiger partial charge in [0.2, 0.25) is 0 Å². The molecule has 0 bridgehead atoms. The first-order valence-electron chi connectivity index (χ1n) is 12.0. The van der Waals surface area contributed by atoms with Crippen molar-refractivity contribution < 1.29 is 0 Å². The molecule has 0 saturated carbocycles. The first kappa shape index (κ1) is 25.4. The van der Waals surface area contributed by atoms with E-state index < -0.39 is 0 Å². The quantitative estimate of drug-likeness (QED) is 0.427. The van der Waals surface area contributed by atoms with Gasteiger partial charge < -0.3 is 0 Å². The largest absolute Gasteiger partial charge is 0.106 e. The van der Waals surface area contributed by atoms with Crippen LogP contribution in [0.2, 0.25) is 0 Å². The summed E-state index contributed by atoms with van der Waals surface area (Å²) in [6, 6.07) is 17.2. The minimum atomic E-state index is 1.03. The summed E-state index contributed by atoms with van der Waals surface area (Å²) in [4.78, 5) is 0. The number of benzene rings is 2. The number of aryl methyl sites for hydroxylation is 1. The van der Waals surface area contributed by atoms with Crippen LogP contribution in [0.5, 0.6) is 0 Å². The molecule has 0 nitrogen and oxygen atoms in total. The minimum Gasteiger partial charge on any atom is -0.106 e. The van der Waals surface area contributed by atoms with Crippen LogP contribution in [0.3, 0.4) is 0 Å². The van der Waals surface area contributed by atoms with Crippen LogP contribution in [0.4, 0.5) is 0 Å². The third-order valence-electron chi connectivity index (χ3n) is 6.30. The van der Waals surface area contributed by atoms with E-state index in [0.717, 1.165) is 18.1 Å². The molecule has 0 atom stereocenters. The van der Waals surface area contributed by atoms with Crippen LogP contribution in [0.1, 0.15) is 68.9 Å². The van der Waals surface area contributed by atoms with Crippen LogP contribution in [0, 0.1) is 6.92 Å². The number of allylic oxidation sites excluding steroid dienone is 4. The van der Waals surface area contributed by atoms with Crippen molar-refractivity contribution in [1.82, 2.24) is 0 Å². The Morgan fingerprint density at radius 1 is 0.688 bits per heavy atom. The Kier molecular flexibility index (Phi) is 10.7. The molecule has 0 aliphatic heterocycles. The molecule has 168 valence electrons. The number of hydrogen-bond acceptors (Lipinski definition) is 0. The van der Waals surface area contributed by atoms with Gasteiger partial charge in [-0.2, -0.15) is 0 Å². The molecule has 0 heterocycles. The maximum atomic E-state index is 4.61. The molecule has 3 rings (SSSR count). The van der Waals surface area contributed by atoms with E-state index in [2.05, 4.69) is 94.4 Å². The fraction of sp³-hybridized carbons (Fsp3) is 0.312. The molecule has 0 fully saturated rings. The Hall–Kier alpha value is -2.86. The maximum absolute atomic E-state index is 4.61. The van der Waals surface area contributed by atoms with E-state index in [0.29, 0.717) is 0 Å². The summed E-state index contributed by atoms with van der Waals surface area (Å²) in [5, 5.41) is 2.27. The van der Waals surface area contributed by atoms with Gasteiger partial charge in [0.05, 0.1) is 0 Å². The second-order valence-electron chi connectivity index (χ2n) is 8.53. The molecule has 0 spiro atoms. The molecule has 0 N–H and O–H groups in total. The standard InChI is InChI=1S/C30H36.C2H4/c1-5-26-20-12-10-8-6-7-9-11-19-25(4)29(27-21-15-13-17-23(27)2)30(26)28-22-16-14-18-24(28)3;1-2/h5,13-18,21-22H,1-2,4,6-12,19-20H2,3H3;1-2H2/b29-27+,30-26-;. The molecule has 0 heteroatoms. The van der Waals surface area contributed by atoms with Gasteiger partial charge in [0.1, 0.15) is 0 Å². The summed E-state index contributed by atoms with van der Waals surface area (Å²) in [6.45, 7) is 21.4. The third-order valence-corrected chi connectivity index (χ3v) is 6.30. The van der Waals surface area contributed by atoms with Crippen molar-refractivity contribution in [3.8, 4) is 0 Å². The molecule has 2 aromatic carbocycles. The highest BCUT2D eigenvalue weighted by molar-refractivity contribution is 6.06. The highest BCUT2D eigenvalue weighted by Crippen LogP contribution is 2.37. The van der Waals surface area contributed by atoms with Crippen molar-refractivity contribution in [3.05, 3.63) is 114 Å². The average molecular weight is 425 g/mol. The summed E-state index contributed by atoms with van der Waals surface area (Å²) in [5.41, 5.74) is 7.73. The van der Waals surface area contributed by atoms with Crippen LogP contribution in [0.15, 0.2) is 92.1 Å². The van der Waals surface area contributed by atoms with Gasteiger partial charge in [0.15, 0.2) is 0 Å². The molecule has 1 aliphatic rings. The van der Waals surface area contributed by atoms with Crippen molar-refractivity contribution in [2.24, 2.45) is 0 Å². The van der Waals surface area contributed by atoms with Crippen LogP contribution in [-0.2, 0) is 0 Å². The molecule has 2 aromatic rings. The Labute approximate surface area is 196 Å². The van der Waals surface area contributed by atoms with Gasteiger partial charge in [-0.25, -0.2) is 0 Å². The van der Waals surface area contributed by atoms with E-state index in [1.54, 1.807) is 0 Å². The van der Waals surface area contributed by atoms with Crippen molar-refractivity contribution >= 4 is 17.7 Å². The Morgan fingerprint density at radius 2 is 1.25 bits per heavy atom. The smallest absolute Gasteiger partial charge is 0.00681 e. The fourth-order valence-electron chi connectivity index (χ4n) is 4.58. The van der Waals surface area contributed by atoms with Crippen molar-refractivity contribution in [1.29, 1.82) is 0 Å². The van der Waals surface area contributed by atoms with Gasteiger partial charge in [-0.15, -0.1) is 13.2 Å². The van der Waals surface area contributed by atoms with E-state index in [4.69, 9.17) is 0 Å². The van der Waals surface area contributed by atoms with E-state index in [-0.39, 0.29) is 0 Å². The monoisotopic (exact) mass is 424 g/mol. The van der Waals surface area contributed by atoms with Gasteiger partial charge >= 0.3 is 0 Å². The molecule has 0 aromatic heterocycles. The average Bonchev–Trinajstić information content (AvgIpc) is 2.83. The van der Waals surface area contributed by atoms with Crippen molar-refractivity contribution in [3.63, 3.8) is 0 Å². The predicted molar refractivity (Wildman–Crippen MR) is 145 cm³/mol. The van der Waals surface area contributed by atoms with Gasteiger partial charge in [0.25, 0.3) is 0 Å². The zero-order chi connectivity index (χ0) is 23.3.